The molecule has 3 saturated heterocycles. The molecule has 2 bridgehead atoms. The molecule has 0 radical (unpaired) electrons. The van der Waals surface area contributed by atoms with Crippen molar-refractivity contribution in [1.82, 2.24) is 10.2 Å². The monoisotopic (exact) mass is 738 g/mol. The number of nitrogens with zero attached hydrogens (tertiary/aromatic N) is 3. The smallest absolute Gasteiger partial charge is 0.180 e. The van der Waals surface area contributed by atoms with Gasteiger partial charge in [-0.2, -0.15) is 0 Å². The Hall–Kier alpha value is -2.43. The summed E-state index contributed by atoms with van der Waals surface area (Å²) in [5.74, 6) is 0.942. The summed E-state index contributed by atoms with van der Waals surface area (Å²) in [5, 5.41) is 3.97. The number of hydrogen-bond donors (Lipinski definition) is 1. The molecule has 0 amide bonds. The first-order valence-electron chi connectivity index (χ1n) is 17.8. The van der Waals surface area contributed by atoms with Gasteiger partial charge in [0.1, 0.15) is 18.9 Å². The van der Waals surface area contributed by atoms with Gasteiger partial charge in [-0.25, -0.2) is 8.42 Å². The van der Waals surface area contributed by atoms with Crippen molar-refractivity contribution in [2.45, 2.75) is 82.0 Å². The van der Waals surface area contributed by atoms with Gasteiger partial charge in [0.15, 0.2) is 9.84 Å². The molecule has 1 N–H and O–H groups in total. The summed E-state index contributed by atoms with van der Waals surface area (Å²) in [6, 6.07) is 22.8. The molecule has 3 aromatic carbocycles. The van der Waals surface area contributed by atoms with Crippen LogP contribution in [0.1, 0.15) is 80.7 Å². The van der Waals surface area contributed by atoms with E-state index in [2.05, 4.69) is 66.5 Å². The molecular formula is C39H55BrN4O3S. The first-order valence-corrected chi connectivity index (χ1v) is 19.5. The van der Waals surface area contributed by atoms with Gasteiger partial charge in [-0.3, -0.25) is 10.2 Å². The van der Waals surface area contributed by atoms with E-state index >= 15 is 0 Å². The zero-order valence-corrected chi connectivity index (χ0v) is 31.8. The predicted octanol–water partition coefficient (Wildman–Crippen LogP) is 3.57. The molecule has 0 aliphatic carbocycles. The Kier molecular flexibility index (Phi) is 12.0. The van der Waals surface area contributed by atoms with E-state index in [1.165, 1.54) is 54.9 Å². The summed E-state index contributed by atoms with van der Waals surface area (Å²) in [7, 11) is 0.498. The lowest BCUT2D eigenvalue weighted by Gasteiger charge is -2.50. The van der Waals surface area contributed by atoms with Crippen LogP contribution in [0.2, 0.25) is 0 Å². The lowest BCUT2D eigenvalue weighted by atomic mass is 9.86. The van der Waals surface area contributed by atoms with Crippen LogP contribution in [-0.2, 0) is 23.0 Å². The summed E-state index contributed by atoms with van der Waals surface area (Å²) in [6.07, 6.45) is 5.73. The molecule has 4 heterocycles. The van der Waals surface area contributed by atoms with E-state index in [9.17, 15) is 8.42 Å². The van der Waals surface area contributed by atoms with E-state index in [4.69, 9.17) is 4.74 Å². The van der Waals surface area contributed by atoms with Crippen molar-refractivity contribution < 1.29 is 34.6 Å². The molecule has 0 saturated carbocycles. The summed E-state index contributed by atoms with van der Waals surface area (Å²) in [4.78, 5) is 5.08. The van der Waals surface area contributed by atoms with Crippen molar-refractivity contribution in [2.75, 3.05) is 64.0 Å². The highest BCUT2D eigenvalue weighted by Crippen LogP contribution is 2.40. The van der Waals surface area contributed by atoms with E-state index in [0.717, 1.165) is 67.6 Å². The van der Waals surface area contributed by atoms with Crippen molar-refractivity contribution in [3.8, 4) is 5.75 Å². The minimum absolute atomic E-state index is 0. The maximum atomic E-state index is 14.0. The molecule has 7 rings (SSSR count). The van der Waals surface area contributed by atoms with E-state index in [1.807, 2.05) is 43.3 Å². The van der Waals surface area contributed by atoms with Crippen LogP contribution in [0.15, 0.2) is 71.6 Å². The Morgan fingerprint density at radius 1 is 0.875 bits per heavy atom. The molecule has 1 atom stereocenters. The average molecular weight is 740 g/mol. The van der Waals surface area contributed by atoms with Crippen molar-refractivity contribution >= 4 is 15.5 Å². The van der Waals surface area contributed by atoms with Crippen LogP contribution in [0.3, 0.4) is 0 Å². The molecule has 3 fully saturated rings. The van der Waals surface area contributed by atoms with Crippen LogP contribution in [0.5, 0.6) is 5.75 Å². The molecule has 7 nitrogen and oxygen atoms in total. The SMILES string of the molecule is CCCCC1(CCCC)CS(=O)(=O)c2ccc(N(C)C)cc2C(c2ccc(OCc3ccc(C[N+]45CCN(CC4)CC5)cc3)cc2)N1.[Br-]. The second kappa shape index (κ2) is 15.6. The van der Waals surface area contributed by atoms with Gasteiger partial charge in [-0.1, -0.05) is 75.9 Å². The third kappa shape index (κ3) is 8.29. The number of fused-ring (bicyclic) bond motifs is 4. The number of anilines is 1. The van der Waals surface area contributed by atoms with Crippen LogP contribution >= 0.6 is 0 Å². The standard InChI is InChI=1S/C39H55N4O3S.BrH/c1-5-7-19-39(20-8-6-2)30-47(44,45)37-18-15-34(41(3)4)27-36(37)38(40-39)33-13-16-35(17-14-33)46-29-32-11-9-31(10-12-32)28-43-24-21-42(22-25-43)23-26-43;/h9-18,27,38,40H,5-8,19-26,28-30H2,1-4H3;1H/q+1;/p-1. The Morgan fingerprint density at radius 2 is 1.48 bits per heavy atom. The molecule has 1 unspecified atom stereocenters. The van der Waals surface area contributed by atoms with Gasteiger partial charge in [-0.15, -0.1) is 0 Å². The van der Waals surface area contributed by atoms with Gasteiger partial charge < -0.3 is 31.1 Å². The van der Waals surface area contributed by atoms with Gasteiger partial charge in [0, 0.05) is 50.5 Å². The van der Waals surface area contributed by atoms with Crippen LogP contribution in [0.4, 0.5) is 5.69 Å². The number of sulfone groups is 1. The van der Waals surface area contributed by atoms with Crippen LogP contribution < -0.4 is 31.9 Å². The van der Waals surface area contributed by atoms with Gasteiger partial charge >= 0.3 is 0 Å². The lowest BCUT2D eigenvalue weighted by Crippen LogP contribution is -3.00. The summed E-state index contributed by atoms with van der Waals surface area (Å²) in [6.45, 7) is 13.5. The number of nitrogens with one attached hydrogen (secondary N) is 1. The van der Waals surface area contributed by atoms with Crippen molar-refractivity contribution in [2.24, 2.45) is 0 Å². The fourth-order valence-electron chi connectivity index (χ4n) is 7.92. The summed E-state index contributed by atoms with van der Waals surface area (Å²) < 4.78 is 35.6. The van der Waals surface area contributed by atoms with E-state index in [-0.39, 0.29) is 28.8 Å². The Balaban J connectivity index is 0.00000451. The Morgan fingerprint density at radius 3 is 2.06 bits per heavy atom. The molecule has 4 aliphatic rings. The van der Waals surface area contributed by atoms with Crippen LogP contribution in [-0.4, -0.2) is 82.5 Å². The third-order valence-corrected chi connectivity index (χ3v) is 12.9. The maximum Gasteiger partial charge on any atom is 0.180 e. The predicted molar refractivity (Wildman–Crippen MR) is 192 cm³/mol. The summed E-state index contributed by atoms with van der Waals surface area (Å²) in [5.41, 5.74) is 4.97. The van der Waals surface area contributed by atoms with Crippen LogP contribution in [0.25, 0.3) is 0 Å². The van der Waals surface area contributed by atoms with Gasteiger partial charge in [-0.05, 0) is 59.9 Å². The van der Waals surface area contributed by atoms with Crippen molar-refractivity contribution in [3.63, 3.8) is 0 Å². The number of rotatable bonds is 13. The molecule has 0 aromatic heterocycles. The fourth-order valence-corrected chi connectivity index (χ4v) is 9.98. The van der Waals surface area contributed by atoms with Gasteiger partial charge in [0.2, 0.25) is 0 Å². The molecular weight excluding hydrogens is 684 g/mol. The fraction of sp³-hybridized carbons (Fsp3) is 0.538. The number of benzene rings is 3. The molecule has 0 spiro atoms. The third-order valence-electron chi connectivity index (χ3n) is 10.9. The quantitative estimate of drug-likeness (QED) is 0.271. The molecule has 4 aliphatic heterocycles. The molecule has 3 aromatic rings. The van der Waals surface area contributed by atoms with Gasteiger partial charge in [0.25, 0.3) is 0 Å². The van der Waals surface area contributed by atoms with Crippen molar-refractivity contribution in [3.05, 3.63) is 89.0 Å². The average Bonchev–Trinajstić information content (AvgIpc) is 3.18. The number of ether oxygens (including phenoxy) is 1. The molecule has 262 valence electrons. The first kappa shape index (κ1) is 36.8. The lowest BCUT2D eigenvalue weighted by molar-refractivity contribution is -0.953. The van der Waals surface area contributed by atoms with Gasteiger partial charge in [0.05, 0.1) is 36.3 Å². The second-order valence-electron chi connectivity index (χ2n) is 14.6. The Labute approximate surface area is 299 Å². The largest absolute Gasteiger partial charge is 1.00 e. The summed E-state index contributed by atoms with van der Waals surface area (Å²) >= 11 is 0. The zero-order chi connectivity index (χ0) is 33.1. The second-order valence-corrected chi connectivity index (χ2v) is 16.6. The minimum Gasteiger partial charge on any atom is -1.00 e. The van der Waals surface area contributed by atoms with Crippen molar-refractivity contribution in [1.29, 1.82) is 0 Å². The highest BCUT2D eigenvalue weighted by atomic mass is 79.9. The van der Waals surface area contributed by atoms with E-state index in [0.29, 0.717) is 11.5 Å². The number of unbranched alkanes of at least 4 members (excludes halogenated alkanes) is 2. The van der Waals surface area contributed by atoms with E-state index in [1.54, 1.807) is 0 Å². The topological polar surface area (TPSA) is 61.9 Å². The Bertz CT molecular complexity index is 1580. The minimum atomic E-state index is -3.50. The molecule has 48 heavy (non-hydrogen) atoms. The molecule has 9 heteroatoms. The number of quaternary nitrogens is 1. The number of hydrogen-bond acceptors (Lipinski definition) is 6. The number of piperazine rings is 3. The number of halogens is 1. The maximum absolute atomic E-state index is 14.0. The van der Waals surface area contributed by atoms with Crippen LogP contribution in [0, 0.1) is 0 Å². The highest BCUT2D eigenvalue weighted by Gasteiger charge is 2.42. The highest BCUT2D eigenvalue weighted by molar-refractivity contribution is 7.91. The normalized spacial score (nSPS) is 23.8. The van der Waals surface area contributed by atoms with E-state index < -0.39 is 15.4 Å². The first-order chi connectivity index (χ1) is 22.6. The zero-order valence-electron chi connectivity index (χ0n) is 29.4.